The first kappa shape index (κ1) is 16.1. The Labute approximate surface area is 157 Å². The van der Waals surface area contributed by atoms with E-state index >= 15 is 0 Å². The lowest BCUT2D eigenvalue weighted by atomic mass is 9.90. The van der Waals surface area contributed by atoms with Gasteiger partial charge in [-0.15, -0.1) is 0 Å². The van der Waals surface area contributed by atoms with Crippen molar-refractivity contribution in [1.82, 2.24) is 5.32 Å². The maximum atomic E-state index is 12.8. The second kappa shape index (κ2) is 5.99. The minimum absolute atomic E-state index is 0.0215. The van der Waals surface area contributed by atoms with Crippen molar-refractivity contribution in [1.29, 1.82) is 0 Å². The third-order valence-corrected chi connectivity index (χ3v) is 5.65. The van der Waals surface area contributed by atoms with Crippen molar-refractivity contribution in [2.75, 3.05) is 18.6 Å². The number of para-hydroxylation sites is 1. The average Bonchev–Trinajstić information content (AvgIpc) is 2.71. The number of ether oxygens (including phenoxy) is 1. The molecule has 0 spiro atoms. The van der Waals surface area contributed by atoms with E-state index in [0.29, 0.717) is 5.56 Å². The maximum absolute atomic E-state index is 12.8. The fourth-order valence-corrected chi connectivity index (χ4v) is 4.25. The van der Waals surface area contributed by atoms with Crippen LogP contribution in [0.15, 0.2) is 54.6 Å². The predicted octanol–water partition coefficient (Wildman–Crippen LogP) is 3.50. The van der Waals surface area contributed by atoms with Gasteiger partial charge in [0.2, 0.25) is 0 Å². The van der Waals surface area contributed by atoms with Crippen molar-refractivity contribution in [2.45, 2.75) is 18.6 Å². The van der Waals surface area contributed by atoms with Gasteiger partial charge in [-0.2, -0.15) is 0 Å². The minimum atomic E-state index is -0.190. The molecular formula is C22H21N3O2. The summed E-state index contributed by atoms with van der Waals surface area (Å²) in [6.07, 6.45) is 0.679. The number of carbonyl (C=O) groups excluding carboxylic acids is 1. The van der Waals surface area contributed by atoms with Gasteiger partial charge in [-0.3, -0.25) is 4.79 Å². The highest BCUT2D eigenvalue weighted by atomic mass is 16.5. The van der Waals surface area contributed by atoms with Crippen molar-refractivity contribution >= 4 is 22.4 Å². The molecule has 0 fully saturated rings. The summed E-state index contributed by atoms with van der Waals surface area (Å²) < 4.78 is 5.31. The quantitative estimate of drug-likeness (QED) is 0.735. The van der Waals surface area contributed by atoms with E-state index in [1.54, 1.807) is 7.11 Å². The first-order valence-electron chi connectivity index (χ1n) is 9.19. The Morgan fingerprint density at radius 3 is 2.78 bits per heavy atom. The van der Waals surface area contributed by atoms with Crippen LogP contribution < -0.4 is 20.7 Å². The first-order valence-corrected chi connectivity index (χ1v) is 9.19. The van der Waals surface area contributed by atoms with E-state index in [2.05, 4.69) is 28.4 Å². The van der Waals surface area contributed by atoms with E-state index in [4.69, 9.17) is 10.5 Å². The van der Waals surface area contributed by atoms with Crippen LogP contribution in [-0.2, 0) is 0 Å². The minimum Gasteiger partial charge on any atom is -0.497 e. The topological polar surface area (TPSA) is 67.6 Å². The lowest BCUT2D eigenvalue weighted by molar-refractivity contribution is 0.0925. The van der Waals surface area contributed by atoms with Gasteiger partial charge in [0.15, 0.2) is 0 Å². The zero-order chi connectivity index (χ0) is 18.5. The molecule has 0 aromatic heterocycles. The van der Waals surface area contributed by atoms with Crippen LogP contribution in [-0.4, -0.2) is 19.6 Å². The molecule has 2 heterocycles. The SMILES string of the molecule is COc1ccc2cc([C@@H]3NC(=O)c4cccc5c4N3CC[C@H]5N)ccc2c1. The summed E-state index contributed by atoms with van der Waals surface area (Å²) in [5.41, 5.74) is 10.1. The van der Waals surface area contributed by atoms with Crippen molar-refractivity contribution in [3.8, 4) is 5.75 Å². The second-order valence-electron chi connectivity index (χ2n) is 7.18. The van der Waals surface area contributed by atoms with Gasteiger partial charge in [0.1, 0.15) is 11.9 Å². The smallest absolute Gasteiger partial charge is 0.255 e. The molecule has 0 aliphatic carbocycles. The van der Waals surface area contributed by atoms with Gasteiger partial charge < -0.3 is 20.7 Å². The number of nitrogens with zero attached hydrogens (tertiary/aromatic N) is 1. The van der Waals surface area contributed by atoms with Crippen LogP contribution in [0.5, 0.6) is 5.75 Å². The molecule has 27 heavy (non-hydrogen) atoms. The first-order chi connectivity index (χ1) is 13.2. The summed E-state index contributed by atoms with van der Waals surface area (Å²) in [6, 6.07) is 18.1. The molecule has 3 N–H and O–H groups in total. The summed E-state index contributed by atoms with van der Waals surface area (Å²) >= 11 is 0. The fraction of sp³-hybridized carbons (Fsp3) is 0.227. The molecule has 1 amide bonds. The Morgan fingerprint density at radius 2 is 1.93 bits per heavy atom. The molecule has 0 saturated heterocycles. The molecule has 5 rings (SSSR count). The maximum Gasteiger partial charge on any atom is 0.255 e. The fourth-order valence-electron chi connectivity index (χ4n) is 4.25. The molecular weight excluding hydrogens is 338 g/mol. The normalized spacial score (nSPS) is 21.0. The Kier molecular flexibility index (Phi) is 3.58. The van der Waals surface area contributed by atoms with Crippen LogP contribution in [0.4, 0.5) is 5.69 Å². The van der Waals surface area contributed by atoms with Crippen LogP contribution in [0.1, 0.15) is 40.1 Å². The summed E-state index contributed by atoms with van der Waals surface area (Å²) in [6.45, 7) is 0.816. The summed E-state index contributed by atoms with van der Waals surface area (Å²) in [5, 5.41) is 5.41. The Morgan fingerprint density at radius 1 is 1.11 bits per heavy atom. The van der Waals surface area contributed by atoms with E-state index < -0.39 is 0 Å². The van der Waals surface area contributed by atoms with Crippen LogP contribution in [0.2, 0.25) is 0 Å². The number of rotatable bonds is 2. The zero-order valence-electron chi connectivity index (χ0n) is 15.1. The van der Waals surface area contributed by atoms with E-state index in [1.165, 1.54) is 0 Å². The number of hydrogen-bond acceptors (Lipinski definition) is 4. The molecule has 0 saturated carbocycles. The van der Waals surface area contributed by atoms with Gasteiger partial charge in [0, 0.05) is 12.6 Å². The van der Waals surface area contributed by atoms with E-state index in [9.17, 15) is 4.79 Å². The highest BCUT2D eigenvalue weighted by Crippen LogP contribution is 2.42. The third kappa shape index (κ3) is 2.46. The summed E-state index contributed by atoms with van der Waals surface area (Å²) in [7, 11) is 1.67. The van der Waals surface area contributed by atoms with E-state index in [-0.39, 0.29) is 18.1 Å². The number of nitrogens with two attached hydrogens (primary N) is 1. The zero-order valence-corrected chi connectivity index (χ0v) is 15.1. The summed E-state index contributed by atoms with van der Waals surface area (Å²) in [5.74, 6) is 0.793. The Balaban J connectivity index is 1.62. The van der Waals surface area contributed by atoms with Gasteiger partial charge in [0.25, 0.3) is 5.91 Å². The molecule has 2 aliphatic rings. The lowest BCUT2D eigenvalue weighted by Gasteiger charge is -2.44. The van der Waals surface area contributed by atoms with Crippen LogP contribution in [0.25, 0.3) is 10.8 Å². The highest BCUT2D eigenvalue weighted by Gasteiger charge is 2.37. The molecule has 3 aromatic rings. The second-order valence-corrected chi connectivity index (χ2v) is 7.18. The number of fused-ring (bicyclic) bond motifs is 1. The molecule has 0 radical (unpaired) electrons. The monoisotopic (exact) mass is 359 g/mol. The molecule has 0 bridgehead atoms. The van der Waals surface area contributed by atoms with Gasteiger partial charge in [-0.1, -0.05) is 30.3 Å². The Hall–Kier alpha value is -3.05. The van der Waals surface area contributed by atoms with Gasteiger partial charge in [-0.25, -0.2) is 0 Å². The molecule has 5 nitrogen and oxygen atoms in total. The Bertz CT molecular complexity index is 1060. The van der Waals surface area contributed by atoms with Crippen molar-refractivity contribution in [3.63, 3.8) is 0 Å². The number of methoxy groups -OCH3 is 1. The summed E-state index contributed by atoms with van der Waals surface area (Å²) in [4.78, 5) is 15.0. The lowest BCUT2D eigenvalue weighted by Crippen LogP contribution is -2.49. The number of hydrogen-bond donors (Lipinski definition) is 2. The number of nitrogens with one attached hydrogen (secondary N) is 1. The number of amides is 1. The van der Waals surface area contributed by atoms with Crippen LogP contribution >= 0.6 is 0 Å². The largest absolute Gasteiger partial charge is 0.497 e. The standard InChI is InChI=1S/C22H21N3O2/c1-27-16-8-7-13-11-15(6-5-14(13)12-16)21-24-22(26)18-4-2-3-17-19(23)9-10-25(21)20(17)18/h2-8,11-12,19,21H,9-10,23H2,1H3,(H,24,26)/t19-,21-/m1/s1. The predicted molar refractivity (Wildman–Crippen MR) is 106 cm³/mol. The molecule has 0 unspecified atom stereocenters. The van der Waals surface area contributed by atoms with Crippen molar-refractivity contribution in [2.24, 2.45) is 5.73 Å². The highest BCUT2D eigenvalue weighted by molar-refractivity contribution is 6.03. The number of anilines is 1. The molecule has 3 aromatic carbocycles. The third-order valence-electron chi connectivity index (χ3n) is 5.65. The van der Waals surface area contributed by atoms with Gasteiger partial charge >= 0.3 is 0 Å². The van der Waals surface area contributed by atoms with E-state index in [0.717, 1.165) is 46.3 Å². The van der Waals surface area contributed by atoms with E-state index in [1.807, 2.05) is 36.4 Å². The molecule has 5 heteroatoms. The number of benzene rings is 3. The molecule has 2 atom stereocenters. The van der Waals surface area contributed by atoms with Crippen LogP contribution in [0.3, 0.4) is 0 Å². The van der Waals surface area contributed by atoms with Gasteiger partial charge in [-0.05, 0) is 52.6 Å². The number of carbonyl (C=O) groups is 1. The van der Waals surface area contributed by atoms with Crippen molar-refractivity contribution in [3.05, 3.63) is 71.3 Å². The van der Waals surface area contributed by atoms with Crippen LogP contribution in [0, 0.1) is 0 Å². The van der Waals surface area contributed by atoms with Gasteiger partial charge in [0.05, 0.1) is 18.4 Å². The average molecular weight is 359 g/mol. The molecule has 2 aliphatic heterocycles. The molecule has 136 valence electrons. The van der Waals surface area contributed by atoms with Crippen molar-refractivity contribution < 1.29 is 9.53 Å².